The van der Waals surface area contributed by atoms with Crippen molar-refractivity contribution >= 4 is 15.9 Å². The molecular formula is C14H15BrF3N3. The Kier molecular flexibility index (Phi) is 4.73. The molecule has 1 aromatic heterocycles. The Hall–Kier alpha value is -1.34. The van der Waals surface area contributed by atoms with Crippen LogP contribution in [0.15, 0.2) is 35.1 Å². The molecule has 7 heteroatoms. The van der Waals surface area contributed by atoms with Gasteiger partial charge in [0.15, 0.2) is 0 Å². The number of halogens is 4. The second-order valence-corrected chi connectivity index (χ2v) is 5.53. The standard InChI is InChI=1S/C14H15BrF3N3/c1-3-19-13(9-7-20-21(2)8-9)11-6-10(14(16,17)18)4-5-12(11)15/h4-8,13,19H,3H2,1-2H3. The van der Waals surface area contributed by atoms with Gasteiger partial charge in [-0.1, -0.05) is 22.9 Å². The molecule has 21 heavy (non-hydrogen) atoms. The SMILES string of the molecule is CCNC(c1cnn(C)c1)c1cc(C(F)(F)F)ccc1Br. The Morgan fingerprint density at radius 3 is 2.62 bits per heavy atom. The molecule has 114 valence electrons. The van der Waals surface area contributed by atoms with E-state index in [9.17, 15) is 13.2 Å². The van der Waals surface area contributed by atoms with Crippen LogP contribution in [0.25, 0.3) is 0 Å². The summed E-state index contributed by atoms with van der Waals surface area (Å²) in [5.74, 6) is 0. The van der Waals surface area contributed by atoms with Crippen LogP contribution in [0.3, 0.4) is 0 Å². The van der Waals surface area contributed by atoms with Crippen molar-refractivity contribution in [2.24, 2.45) is 7.05 Å². The van der Waals surface area contributed by atoms with E-state index in [2.05, 4.69) is 26.3 Å². The molecule has 0 aliphatic rings. The fourth-order valence-corrected chi connectivity index (χ4v) is 2.62. The van der Waals surface area contributed by atoms with Crippen LogP contribution >= 0.6 is 15.9 Å². The van der Waals surface area contributed by atoms with Gasteiger partial charge in [-0.2, -0.15) is 18.3 Å². The highest BCUT2D eigenvalue weighted by Crippen LogP contribution is 2.35. The summed E-state index contributed by atoms with van der Waals surface area (Å²) in [4.78, 5) is 0. The second kappa shape index (κ2) is 6.19. The first-order valence-corrected chi connectivity index (χ1v) is 7.20. The number of alkyl halides is 3. The van der Waals surface area contributed by atoms with E-state index in [0.717, 1.165) is 11.6 Å². The van der Waals surface area contributed by atoms with E-state index in [0.29, 0.717) is 16.6 Å². The minimum atomic E-state index is -4.36. The van der Waals surface area contributed by atoms with Gasteiger partial charge >= 0.3 is 6.18 Å². The fourth-order valence-electron chi connectivity index (χ4n) is 2.14. The highest BCUT2D eigenvalue weighted by molar-refractivity contribution is 9.10. The van der Waals surface area contributed by atoms with Gasteiger partial charge in [0.25, 0.3) is 0 Å². The Balaban J connectivity index is 2.49. The third-order valence-electron chi connectivity index (χ3n) is 3.10. The lowest BCUT2D eigenvalue weighted by molar-refractivity contribution is -0.137. The smallest absolute Gasteiger partial charge is 0.306 e. The molecule has 0 amide bonds. The summed E-state index contributed by atoms with van der Waals surface area (Å²) in [7, 11) is 1.77. The number of aryl methyl sites for hydroxylation is 1. The summed E-state index contributed by atoms with van der Waals surface area (Å²) in [6, 6.07) is 3.32. The summed E-state index contributed by atoms with van der Waals surface area (Å²) >= 11 is 3.34. The summed E-state index contributed by atoms with van der Waals surface area (Å²) in [5.41, 5.74) is 0.701. The fraction of sp³-hybridized carbons (Fsp3) is 0.357. The number of aromatic nitrogens is 2. The second-order valence-electron chi connectivity index (χ2n) is 4.67. The van der Waals surface area contributed by atoms with E-state index in [1.54, 1.807) is 24.1 Å². The number of hydrogen-bond acceptors (Lipinski definition) is 2. The van der Waals surface area contributed by atoms with Gasteiger partial charge in [-0.15, -0.1) is 0 Å². The van der Waals surface area contributed by atoms with E-state index in [-0.39, 0.29) is 6.04 Å². The van der Waals surface area contributed by atoms with Crippen LogP contribution in [-0.2, 0) is 13.2 Å². The predicted octanol–water partition coefficient (Wildman–Crippen LogP) is 3.90. The van der Waals surface area contributed by atoms with E-state index in [4.69, 9.17) is 0 Å². The zero-order valence-corrected chi connectivity index (χ0v) is 13.2. The zero-order valence-electron chi connectivity index (χ0n) is 11.6. The van der Waals surface area contributed by atoms with Crippen molar-refractivity contribution in [2.75, 3.05) is 6.54 Å². The molecule has 1 heterocycles. The Labute approximate surface area is 129 Å². The summed E-state index contributed by atoms with van der Waals surface area (Å²) in [6.45, 7) is 2.53. The van der Waals surface area contributed by atoms with Crippen molar-refractivity contribution in [3.8, 4) is 0 Å². The van der Waals surface area contributed by atoms with Crippen molar-refractivity contribution in [3.05, 3.63) is 51.8 Å². The number of benzene rings is 1. The monoisotopic (exact) mass is 361 g/mol. The normalized spacial score (nSPS) is 13.4. The quantitative estimate of drug-likeness (QED) is 0.894. The Morgan fingerprint density at radius 2 is 2.10 bits per heavy atom. The zero-order chi connectivity index (χ0) is 15.6. The van der Waals surface area contributed by atoms with Gasteiger partial charge in [-0.3, -0.25) is 4.68 Å². The summed E-state index contributed by atoms with van der Waals surface area (Å²) < 4.78 is 41.0. The molecule has 0 radical (unpaired) electrons. The van der Waals surface area contributed by atoms with E-state index >= 15 is 0 Å². The molecule has 0 aliphatic carbocycles. The topological polar surface area (TPSA) is 29.9 Å². The van der Waals surface area contributed by atoms with Crippen molar-refractivity contribution in [2.45, 2.75) is 19.1 Å². The molecule has 3 nitrogen and oxygen atoms in total. The van der Waals surface area contributed by atoms with Gasteiger partial charge in [-0.25, -0.2) is 0 Å². The maximum absolute atomic E-state index is 12.9. The largest absolute Gasteiger partial charge is 0.416 e. The van der Waals surface area contributed by atoms with Crippen molar-refractivity contribution < 1.29 is 13.2 Å². The average Bonchev–Trinajstić information content (AvgIpc) is 2.82. The van der Waals surface area contributed by atoms with Crippen LogP contribution in [0.2, 0.25) is 0 Å². The molecule has 2 aromatic rings. The van der Waals surface area contributed by atoms with Crippen LogP contribution in [0, 0.1) is 0 Å². The third-order valence-corrected chi connectivity index (χ3v) is 3.82. The minimum Gasteiger partial charge on any atom is -0.306 e. The summed E-state index contributed by atoms with van der Waals surface area (Å²) in [6.07, 6.45) is -0.915. The Morgan fingerprint density at radius 1 is 1.38 bits per heavy atom. The van der Waals surface area contributed by atoms with E-state index < -0.39 is 11.7 Å². The molecule has 1 unspecified atom stereocenters. The van der Waals surface area contributed by atoms with Gasteiger partial charge < -0.3 is 5.32 Å². The minimum absolute atomic E-state index is 0.347. The first-order valence-electron chi connectivity index (χ1n) is 6.41. The van der Waals surface area contributed by atoms with Crippen molar-refractivity contribution in [1.82, 2.24) is 15.1 Å². The molecule has 0 saturated heterocycles. The van der Waals surface area contributed by atoms with Crippen LogP contribution in [-0.4, -0.2) is 16.3 Å². The highest BCUT2D eigenvalue weighted by Gasteiger charge is 2.32. The maximum atomic E-state index is 12.9. The third kappa shape index (κ3) is 3.65. The van der Waals surface area contributed by atoms with E-state index in [1.165, 1.54) is 12.1 Å². The van der Waals surface area contributed by atoms with Crippen LogP contribution < -0.4 is 5.32 Å². The van der Waals surface area contributed by atoms with Gasteiger partial charge in [0.2, 0.25) is 0 Å². The molecule has 0 spiro atoms. The van der Waals surface area contributed by atoms with Crippen LogP contribution in [0.4, 0.5) is 13.2 Å². The summed E-state index contributed by atoms with van der Waals surface area (Å²) in [5, 5.41) is 7.28. The van der Waals surface area contributed by atoms with Crippen LogP contribution in [0.1, 0.15) is 29.7 Å². The van der Waals surface area contributed by atoms with Crippen molar-refractivity contribution in [1.29, 1.82) is 0 Å². The lowest BCUT2D eigenvalue weighted by atomic mass is 9.99. The molecule has 0 aliphatic heterocycles. The average molecular weight is 362 g/mol. The lowest BCUT2D eigenvalue weighted by Crippen LogP contribution is -2.22. The predicted molar refractivity (Wildman–Crippen MR) is 77.9 cm³/mol. The molecule has 0 bridgehead atoms. The number of nitrogens with zero attached hydrogens (tertiary/aromatic N) is 2. The molecule has 0 fully saturated rings. The van der Waals surface area contributed by atoms with Gasteiger partial charge in [0, 0.05) is 23.3 Å². The first-order chi connectivity index (χ1) is 9.82. The Bertz CT molecular complexity index is 622. The van der Waals surface area contributed by atoms with Gasteiger partial charge in [0.05, 0.1) is 17.8 Å². The molecule has 1 atom stereocenters. The van der Waals surface area contributed by atoms with Gasteiger partial charge in [-0.05, 0) is 30.3 Å². The van der Waals surface area contributed by atoms with Crippen molar-refractivity contribution in [3.63, 3.8) is 0 Å². The highest BCUT2D eigenvalue weighted by atomic mass is 79.9. The maximum Gasteiger partial charge on any atom is 0.416 e. The number of rotatable bonds is 4. The molecule has 1 aromatic carbocycles. The molecule has 2 rings (SSSR count). The number of nitrogens with one attached hydrogen (secondary N) is 1. The molecule has 1 N–H and O–H groups in total. The molecule has 0 saturated carbocycles. The van der Waals surface area contributed by atoms with E-state index in [1.807, 2.05) is 6.92 Å². The first kappa shape index (κ1) is 16.0. The number of hydrogen-bond donors (Lipinski definition) is 1. The van der Waals surface area contributed by atoms with Gasteiger partial charge in [0.1, 0.15) is 0 Å². The lowest BCUT2D eigenvalue weighted by Gasteiger charge is -2.20. The van der Waals surface area contributed by atoms with Crippen LogP contribution in [0.5, 0.6) is 0 Å². The molecular weight excluding hydrogens is 347 g/mol.